The van der Waals surface area contributed by atoms with Gasteiger partial charge in [0.15, 0.2) is 6.29 Å². The molecule has 0 saturated carbocycles. The van der Waals surface area contributed by atoms with Gasteiger partial charge in [0.1, 0.15) is 5.69 Å². The quantitative estimate of drug-likeness (QED) is 0.469. The monoisotopic (exact) mass is 151 g/mol. The van der Waals surface area contributed by atoms with Gasteiger partial charge in [-0.1, -0.05) is 11.3 Å². The van der Waals surface area contributed by atoms with E-state index in [-0.39, 0.29) is 0 Å². The maximum absolute atomic E-state index is 10.2. The largest absolute Gasteiger partial charge is 0.296 e. The number of hydrogen-bond acceptors (Lipinski definition) is 3. The van der Waals surface area contributed by atoms with Gasteiger partial charge in [-0.15, -0.1) is 11.7 Å². The summed E-state index contributed by atoms with van der Waals surface area (Å²) in [5.41, 5.74) is 0.370. The number of nitrogens with zero attached hydrogens (tertiary/aromatic N) is 3. The molecule has 4 nitrogen and oxygen atoms in total. The topological polar surface area (TPSA) is 47.8 Å². The van der Waals surface area contributed by atoms with Crippen LogP contribution in [-0.4, -0.2) is 21.3 Å². The van der Waals surface area contributed by atoms with Gasteiger partial charge in [0.25, 0.3) is 0 Å². The smallest absolute Gasteiger partial charge is 0.171 e. The number of carbonyl (C=O) groups is 1. The third-order valence-corrected chi connectivity index (χ3v) is 1.24. The van der Waals surface area contributed by atoms with Crippen molar-refractivity contribution in [3.8, 4) is 0 Å². The van der Waals surface area contributed by atoms with Crippen molar-refractivity contribution < 1.29 is 4.79 Å². The van der Waals surface area contributed by atoms with Gasteiger partial charge in [0.05, 0.1) is 6.20 Å². The number of aldehydes is 1. The van der Waals surface area contributed by atoms with Crippen LogP contribution in [0.4, 0.5) is 0 Å². The zero-order valence-electron chi connectivity index (χ0n) is 6.10. The van der Waals surface area contributed by atoms with Crippen LogP contribution < -0.4 is 0 Å². The Kier molecular flexibility index (Phi) is 2.54. The summed E-state index contributed by atoms with van der Waals surface area (Å²) in [5, 5.41) is 7.31. The molecule has 1 aromatic heterocycles. The molecule has 0 N–H and O–H groups in total. The predicted octanol–water partition coefficient (Wildman–Crippen LogP) is 0.667. The molecule has 11 heavy (non-hydrogen) atoms. The van der Waals surface area contributed by atoms with Crippen LogP contribution in [-0.2, 0) is 6.54 Å². The first-order valence-electron chi connectivity index (χ1n) is 3.33. The predicted molar refractivity (Wildman–Crippen MR) is 40.2 cm³/mol. The van der Waals surface area contributed by atoms with Gasteiger partial charge in [0.2, 0.25) is 0 Å². The average molecular weight is 151 g/mol. The van der Waals surface area contributed by atoms with Crippen LogP contribution in [0.2, 0.25) is 0 Å². The van der Waals surface area contributed by atoms with Gasteiger partial charge in [0, 0.05) is 6.54 Å². The number of hydrogen-bond donors (Lipinski definition) is 0. The molecule has 0 aromatic carbocycles. The van der Waals surface area contributed by atoms with Crippen molar-refractivity contribution in [1.29, 1.82) is 0 Å². The summed E-state index contributed by atoms with van der Waals surface area (Å²) in [4.78, 5) is 10.2. The Morgan fingerprint density at radius 3 is 3.09 bits per heavy atom. The Morgan fingerprint density at radius 2 is 2.55 bits per heavy atom. The highest BCUT2D eigenvalue weighted by atomic mass is 16.1. The Balaban J connectivity index is 2.57. The van der Waals surface area contributed by atoms with Crippen molar-refractivity contribution in [3.05, 3.63) is 24.5 Å². The summed E-state index contributed by atoms with van der Waals surface area (Å²) in [6, 6.07) is 0. The lowest BCUT2D eigenvalue weighted by Gasteiger charge is -1.92. The van der Waals surface area contributed by atoms with Gasteiger partial charge in [-0.3, -0.25) is 9.48 Å². The SMILES string of the molecule is C=CCCn1cc(C=O)nn1. The Labute approximate surface area is 64.5 Å². The van der Waals surface area contributed by atoms with Crippen molar-refractivity contribution in [2.24, 2.45) is 0 Å². The van der Waals surface area contributed by atoms with E-state index in [4.69, 9.17) is 0 Å². The minimum Gasteiger partial charge on any atom is -0.296 e. The van der Waals surface area contributed by atoms with E-state index in [0.717, 1.165) is 13.0 Å². The van der Waals surface area contributed by atoms with E-state index in [1.54, 1.807) is 17.0 Å². The van der Waals surface area contributed by atoms with Crippen LogP contribution in [0, 0.1) is 0 Å². The normalized spacial score (nSPS) is 9.45. The number of rotatable bonds is 4. The molecule has 1 aromatic rings. The van der Waals surface area contributed by atoms with E-state index in [0.29, 0.717) is 12.0 Å². The molecular weight excluding hydrogens is 142 g/mol. The van der Waals surface area contributed by atoms with Crippen LogP contribution in [0.15, 0.2) is 18.9 Å². The van der Waals surface area contributed by atoms with Crippen molar-refractivity contribution >= 4 is 6.29 Å². The number of carbonyl (C=O) groups excluding carboxylic acids is 1. The second-order valence-electron chi connectivity index (χ2n) is 2.10. The molecule has 0 aliphatic heterocycles. The zero-order chi connectivity index (χ0) is 8.10. The molecule has 0 fully saturated rings. The standard InChI is InChI=1S/C7H9N3O/c1-2-3-4-10-5-7(6-11)8-9-10/h2,5-6H,1,3-4H2. The van der Waals surface area contributed by atoms with E-state index in [1.807, 2.05) is 0 Å². The highest BCUT2D eigenvalue weighted by molar-refractivity contribution is 5.70. The van der Waals surface area contributed by atoms with Crippen LogP contribution in [0.5, 0.6) is 0 Å². The van der Waals surface area contributed by atoms with E-state index in [9.17, 15) is 4.79 Å². The molecule has 0 unspecified atom stereocenters. The third-order valence-electron chi connectivity index (χ3n) is 1.24. The summed E-state index contributed by atoms with van der Waals surface area (Å²) in [5.74, 6) is 0. The molecule has 0 spiro atoms. The first-order valence-corrected chi connectivity index (χ1v) is 3.33. The molecule has 0 aliphatic rings. The Hall–Kier alpha value is -1.45. The minimum absolute atomic E-state index is 0.370. The molecule has 0 saturated heterocycles. The summed E-state index contributed by atoms with van der Waals surface area (Å²) >= 11 is 0. The molecule has 58 valence electrons. The lowest BCUT2D eigenvalue weighted by atomic mass is 10.4. The molecule has 0 aliphatic carbocycles. The number of aryl methyl sites for hydroxylation is 1. The molecule has 0 atom stereocenters. The van der Waals surface area contributed by atoms with Crippen LogP contribution in [0.25, 0.3) is 0 Å². The van der Waals surface area contributed by atoms with Gasteiger partial charge >= 0.3 is 0 Å². The van der Waals surface area contributed by atoms with Crippen molar-refractivity contribution in [2.75, 3.05) is 0 Å². The average Bonchev–Trinajstić information content (AvgIpc) is 2.48. The second-order valence-corrected chi connectivity index (χ2v) is 2.10. The second kappa shape index (κ2) is 3.65. The third kappa shape index (κ3) is 2.00. The fraction of sp³-hybridized carbons (Fsp3) is 0.286. The molecule has 4 heteroatoms. The highest BCUT2D eigenvalue weighted by Crippen LogP contribution is 1.91. The van der Waals surface area contributed by atoms with E-state index >= 15 is 0 Å². The fourth-order valence-electron chi connectivity index (χ4n) is 0.700. The zero-order valence-corrected chi connectivity index (χ0v) is 6.10. The molecule has 1 rings (SSSR count). The Bertz CT molecular complexity index is 254. The van der Waals surface area contributed by atoms with Crippen LogP contribution in [0.1, 0.15) is 16.9 Å². The van der Waals surface area contributed by atoms with E-state index < -0.39 is 0 Å². The molecule has 0 amide bonds. The molecule has 1 heterocycles. The summed E-state index contributed by atoms with van der Waals surface area (Å²) in [6.45, 7) is 4.30. The Morgan fingerprint density at radius 1 is 1.73 bits per heavy atom. The number of allylic oxidation sites excluding steroid dienone is 1. The van der Waals surface area contributed by atoms with E-state index in [1.165, 1.54) is 0 Å². The van der Waals surface area contributed by atoms with Gasteiger partial charge < -0.3 is 0 Å². The first kappa shape index (κ1) is 7.65. The first-order chi connectivity index (χ1) is 5.36. The fourth-order valence-corrected chi connectivity index (χ4v) is 0.700. The number of aromatic nitrogens is 3. The van der Waals surface area contributed by atoms with Gasteiger partial charge in [-0.05, 0) is 6.42 Å². The minimum atomic E-state index is 0.370. The molecular formula is C7H9N3O. The van der Waals surface area contributed by atoms with Crippen molar-refractivity contribution in [2.45, 2.75) is 13.0 Å². The van der Waals surface area contributed by atoms with E-state index in [2.05, 4.69) is 16.9 Å². The van der Waals surface area contributed by atoms with Crippen LogP contribution >= 0.6 is 0 Å². The van der Waals surface area contributed by atoms with Gasteiger partial charge in [-0.25, -0.2) is 0 Å². The summed E-state index contributed by atoms with van der Waals surface area (Å²) in [7, 11) is 0. The van der Waals surface area contributed by atoms with Crippen molar-refractivity contribution in [1.82, 2.24) is 15.0 Å². The lowest BCUT2D eigenvalue weighted by Crippen LogP contribution is -1.96. The maximum atomic E-state index is 10.2. The lowest BCUT2D eigenvalue weighted by molar-refractivity contribution is 0.111. The maximum Gasteiger partial charge on any atom is 0.171 e. The summed E-state index contributed by atoms with van der Waals surface area (Å²) < 4.78 is 1.62. The highest BCUT2D eigenvalue weighted by Gasteiger charge is 1.95. The molecule has 0 bridgehead atoms. The van der Waals surface area contributed by atoms with Crippen molar-refractivity contribution in [3.63, 3.8) is 0 Å². The van der Waals surface area contributed by atoms with Gasteiger partial charge in [-0.2, -0.15) is 0 Å². The molecule has 0 radical (unpaired) electrons. The summed E-state index contributed by atoms with van der Waals surface area (Å²) in [6.07, 6.45) is 4.91. The van der Waals surface area contributed by atoms with Crippen LogP contribution in [0.3, 0.4) is 0 Å².